The minimum absolute atomic E-state index is 0.0103. The number of phenols is 3. The van der Waals surface area contributed by atoms with Crippen LogP contribution < -0.4 is 9.47 Å². The summed E-state index contributed by atoms with van der Waals surface area (Å²) in [6.45, 7) is -0.704. The van der Waals surface area contributed by atoms with Crippen molar-refractivity contribution < 1.29 is 59.2 Å². The van der Waals surface area contributed by atoms with Crippen LogP contribution in [0, 0.1) is 0 Å². The van der Waals surface area contributed by atoms with Gasteiger partial charge in [0.1, 0.15) is 58.7 Å². The van der Waals surface area contributed by atoms with Crippen LogP contribution in [0.25, 0.3) is 6.08 Å². The van der Waals surface area contributed by atoms with Gasteiger partial charge < -0.3 is 49.6 Å². The minimum atomic E-state index is -1.75. The lowest BCUT2D eigenvalue weighted by molar-refractivity contribution is -0.280. The molecular weight excluding hydrogens is 552 g/mol. The van der Waals surface area contributed by atoms with Crippen LogP contribution in [0.2, 0.25) is 0 Å². The first-order valence-electron chi connectivity index (χ1n) is 13.0. The summed E-state index contributed by atoms with van der Waals surface area (Å²) < 4.78 is 22.5. The van der Waals surface area contributed by atoms with E-state index in [4.69, 9.17) is 18.9 Å². The predicted molar refractivity (Wildman–Crippen MR) is 144 cm³/mol. The zero-order valence-electron chi connectivity index (χ0n) is 21.9. The third kappa shape index (κ3) is 6.16. The van der Waals surface area contributed by atoms with E-state index in [1.807, 2.05) is 0 Å². The van der Waals surface area contributed by atoms with Gasteiger partial charge in [-0.3, -0.25) is 4.79 Å². The first-order valence-corrected chi connectivity index (χ1v) is 13.0. The van der Waals surface area contributed by atoms with E-state index in [1.54, 1.807) is 24.3 Å². The number of hydrogen-bond acceptors (Lipinski definition) is 12. The van der Waals surface area contributed by atoms with E-state index in [0.29, 0.717) is 11.1 Å². The first kappa shape index (κ1) is 28.9. The third-order valence-corrected chi connectivity index (χ3v) is 6.87. The normalized spacial score (nSPS) is 25.5. The van der Waals surface area contributed by atoms with Crippen molar-refractivity contribution >= 4 is 17.8 Å². The van der Waals surface area contributed by atoms with Crippen molar-refractivity contribution in [3.8, 4) is 28.7 Å². The smallest absolute Gasteiger partial charge is 0.331 e. The molecule has 3 aromatic rings. The zero-order chi connectivity index (χ0) is 30.0. The van der Waals surface area contributed by atoms with Gasteiger partial charge in [-0.1, -0.05) is 24.3 Å². The summed E-state index contributed by atoms with van der Waals surface area (Å²) in [4.78, 5) is 25.2. The molecule has 0 bridgehead atoms. The van der Waals surface area contributed by atoms with Crippen LogP contribution in [0.4, 0.5) is 0 Å². The van der Waals surface area contributed by atoms with Crippen molar-refractivity contribution in [1.82, 2.24) is 0 Å². The molecule has 6 N–H and O–H groups in total. The maximum atomic E-state index is 12.8. The van der Waals surface area contributed by atoms with Crippen LogP contribution in [-0.4, -0.2) is 79.7 Å². The van der Waals surface area contributed by atoms with Crippen molar-refractivity contribution in [1.29, 1.82) is 0 Å². The monoisotopic (exact) mass is 580 g/mol. The molecule has 0 amide bonds. The molecule has 6 atom stereocenters. The number of benzene rings is 3. The fraction of sp³-hybridized carbons (Fsp3) is 0.267. The van der Waals surface area contributed by atoms with Gasteiger partial charge in [-0.15, -0.1) is 0 Å². The summed E-state index contributed by atoms with van der Waals surface area (Å²) in [6, 6.07) is 14.5. The van der Waals surface area contributed by atoms with Gasteiger partial charge in [-0.25, -0.2) is 4.79 Å². The number of fused-ring (bicyclic) bond motifs is 1. The van der Waals surface area contributed by atoms with Crippen molar-refractivity contribution in [2.24, 2.45) is 0 Å². The molecule has 0 spiro atoms. The van der Waals surface area contributed by atoms with Crippen molar-refractivity contribution in [2.45, 2.75) is 43.2 Å². The Balaban J connectivity index is 1.28. The molecule has 0 aliphatic carbocycles. The van der Waals surface area contributed by atoms with E-state index in [-0.39, 0.29) is 40.8 Å². The molecule has 220 valence electrons. The molecule has 0 aromatic heterocycles. The SMILES string of the molecule is O=C(/C=C/c1ccc(O)cc1)O[C@H]1[C@H](O)[C@@H](O)[C@H](Oc2cc(O)c3c(c2)OC(c2ccc(O)cc2)CC3=O)O[C@@H]1CO. The summed E-state index contributed by atoms with van der Waals surface area (Å²) in [6.07, 6.45) is -6.05. The minimum Gasteiger partial charge on any atom is -0.508 e. The summed E-state index contributed by atoms with van der Waals surface area (Å²) in [5.74, 6) is -1.67. The molecular formula is C30H28O12. The lowest BCUT2D eigenvalue weighted by Gasteiger charge is -2.41. The van der Waals surface area contributed by atoms with Gasteiger partial charge in [-0.2, -0.15) is 0 Å². The second-order valence-electron chi connectivity index (χ2n) is 9.79. The Morgan fingerprint density at radius 1 is 0.952 bits per heavy atom. The molecule has 2 aliphatic heterocycles. The number of aromatic hydroxyl groups is 3. The number of Topliss-reactive ketones (excluding diaryl/α,β-unsaturated/α-hetero) is 1. The van der Waals surface area contributed by atoms with Crippen molar-refractivity contribution in [2.75, 3.05) is 6.61 Å². The van der Waals surface area contributed by atoms with E-state index in [9.17, 15) is 40.2 Å². The molecule has 2 aliphatic rings. The van der Waals surface area contributed by atoms with Gasteiger partial charge in [0.2, 0.25) is 6.29 Å². The number of rotatable bonds is 7. The molecule has 2 heterocycles. The third-order valence-electron chi connectivity index (χ3n) is 6.87. The van der Waals surface area contributed by atoms with Crippen LogP contribution in [0.5, 0.6) is 28.7 Å². The van der Waals surface area contributed by atoms with Gasteiger partial charge in [0.05, 0.1) is 13.0 Å². The molecule has 12 heteroatoms. The fourth-order valence-electron chi connectivity index (χ4n) is 4.71. The molecule has 0 saturated carbocycles. The molecule has 1 unspecified atom stereocenters. The highest BCUT2D eigenvalue weighted by Gasteiger charge is 2.47. The summed E-state index contributed by atoms with van der Waals surface area (Å²) in [5.41, 5.74) is 1.16. The van der Waals surface area contributed by atoms with Gasteiger partial charge in [-0.05, 0) is 41.5 Å². The number of carbonyl (C=O) groups is 2. The first-order chi connectivity index (χ1) is 20.1. The molecule has 1 fully saturated rings. The quantitative estimate of drug-likeness (QED) is 0.176. The average Bonchev–Trinajstić information content (AvgIpc) is 2.96. The molecule has 12 nitrogen and oxygen atoms in total. The number of aliphatic hydroxyl groups excluding tert-OH is 3. The van der Waals surface area contributed by atoms with Crippen LogP contribution in [0.1, 0.15) is 34.0 Å². The Morgan fingerprint density at radius 3 is 2.29 bits per heavy atom. The molecule has 42 heavy (non-hydrogen) atoms. The lowest BCUT2D eigenvalue weighted by atomic mass is 9.95. The average molecular weight is 581 g/mol. The Hall–Kier alpha value is -4.62. The lowest BCUT2D eigenvalue weighted by Crippen LogP contribution is -2.61. The highest BCUT2D eigenvalue weighted by Crippen LogP contribution is 2.42. The van der Waals surface area contributed by atoms with E-state index >= 15 is 0 Å². The second kappa shape index (κ2) is 12.1. The predicted octanol–water partition coefficient (Wildman–Crippen LogP) is 1.95. The summed E-state index contributed by atoms with van der Waals surface area (Å²) >= 11 is 0. The topological polar surface area (TPSA) is 192 Å². The highest BCUT2D eigenvalue weighted by molar-refractivity contribution is 6.02. The summed E-state index contributed by atoms with van der Waals surface area (Å²) in [5, 5.41) is 60.8. The Morgan fingerprint density at radius 2 is 1.62 bits per heavy atom. The van der Waals surface area contributed by atoms with Crippen LogP contribution in [0.3, 0.4) is 0 Å². The standard InChI is InChI=1S/C30H28O12/c31-14-24-29(42-25(36)10-3-15-1-6-17(32)7-2-15)27(37)28(38)30(41-24)39-19-11-20(34)26-21(35)13-22(40-23(26)12-19)16-4-8-18(33)9-5-16/h1-12,22,24,27-34,37-38H,13-14H2/b10-3+/t22?,24-,27-,28-,29-,30-/m1/s1. The fourth-order valence-corrected chi connectivity index (χ4v) is 4.71. The Labute approximate surface area is 239 Å². The largest absolute Gasteiger partial charge is 0.508 e. The van der Waals surface area contributed by atoms with E-state index in [2.05, 4.69) is 0 Å². The zero-order valence-corrected chi connectivity index (χ0v) is 21.9. The van der Waals surface area contributed by atoms with Crippen LogP contribution in [0.15, 0.2) is 66.7 Å². The number of aliphatic hydroxyl groups is 3. The molecule has 0 radical (unpaired) electrons. The van der Waals surface area contributed by atoms with Crippen LogP contribution in [-0.2, 0) is 14.3 Å². The molecule has 5 rings (SSSR count). The maximum Gasteiger partial charge on any atom is 0.331 e. The summed E-state index contributed by atoms with van der Waals surface area (Å²) in [7, 11) is 0. The van der Waals surface area contributed by atoms with Crippen molar-refractivity contribution in [3.63, 3.8) is 0 Å². The number of phenolic OH excluding ortho intramolecular Hbond substituents is 3. The van der Waals surface area contributed by atoms with Gasteiger partial charge >= 0.3 is 5.97 Å². The van der Waals surface area contributed by atoms with E-state index in [1.165, 1.54) is 36.4 Å². The Kier molecular flexibility index (Phi) is 8.31. The van der Waals surface area contributed by atoms with Crippen LogP contribution >= 0.6 is 0 Å². The number of carbonyl (C=O) groups excluding carboxylic acids is 2. The maximum absolute atomic E-state index is 12.8. The molecule has 1 saturated heterocycles. The van der Waals surface area contributed by atoms with Gasteiger partial charge in [0, 0.05) is 18.2 Å². The van der Waals surface area contributed by atoms with E-state index < -0.39 is 55.1 Å². The number of ketones is 1. The van der Waals surface area contributed by atoms with E-state index in [0.717, 1.165) is 12.1 Å². The van der Waals surface area contributed by atoms with Gasteiger partial charge in [0.15, 0.2) is 11.9 Å². The second-order valence-corrected chi connectivity index (χ2v) is 9.79. The number of esters is 1. The number of ether oxygens (including phenoxy) is 4. The van der Waals surface area contributed by atoms with Gasteiger partial charge in [0.25, 0.3) is 0 Å². The number of hydrogen-bond donors (Lipinski definition) is 6. The Bertz CT molecular complexity index is 1460. The highest BCUT2D eigenvalue weighted by atomic mass is 16.7. The van der Waals surface area contributed by atoms with Crippen molar-refractivity contribution in [3.05, 3.63) is 83.4 Å². The molecule has 3 aromatic carbocycles.